The van der Waals surface area contributed by atoms with E-state index in [9.17, 15) is 9.59 Å². The van der Waals surface area contributed by atoms with Gasteiger partial charge in [-0.1, -0.05) is 6.07 Å². The van der Waals surface area contributed by atoms with E-state index in [1.807, 2.05) is 32.0 Å². The lowest BCUT2D eigenvalue weighted by molar-refractivity contribution is 0.0934. The maximum absolute atomic E-state index is 13.0. The molecule has 2 aliphatic heterocycles. The molecule has 0 saturated heterocycles. The predicted molar refractivity (Wildman–Crippen MR) is 118 cm³/mol. The third kappa shape index (κ3) is 4.14. The molecule has 166 valence electrons. The van der Waals surface area contributed by atoms with Crippen LogP contribution in [0.5, 0.6) is 11.5 Å². The van der Waals surface area contributed by atoms with Crippen LogP contribution in [0.3, 0.4) is 0 Å². The second-order valence-electron chi connectivity index (χ2n) is 7.20. The predicted octanol–water partition coefficient (Wildman–Crippen LogP) is 3.91. The number of thiophene rings is 1. The molecule has 0 bridgehead atoms. The Bertz CT molecular complexity index is 990. The first kappa shape index (κ1) is 21.3. The third-order valence-corrected chi connectivity index (χ3v) is 6.41. The summed E-state index contributed by atoms with van der Waals surface area (Å²) in [6, 6.07) is 5.68. The standard InChI is InChI=1S/C22H27N3O5S/c1-4-28-15-8-7-13(11-16(15)29-5-2)19-23-20(26)18-14-9-10-25(22(27)30-6-3)12-17(14)31-21(18)24-19/h7-8,11,19,24H,4-6,9-10,12H2,1-3H3,(H,23,26)/t19-/m1/s1. The first-order chi connectivity index (χ1) is 15.0. The van der Waals surface area contributed by atoms with Gasteiger partial charge in [0.05, 0.1) is 31.9 Å². The van der Waals surface area contributed by atoms with Crippen LogP contribution in [0.25, 0.3) is 0 Å². The van der Waals surface area contributed by atoms with Crippen LogP contribution in [0.1, 0.15) is 53.3 Å². The number of nitrogens with zero attached hydrogens (tertiary/aromatic N) is 1. The topological polar surface area (TPSA) is 89.1 Å². The van der Waals surface area contributed by atoms with Gasteiger partial charge in [0.15, 0.2) is 11.5 Å². The summed E-state index contributed by atoms with van der Waals surface area (Å²) in [5, 5.41) is 7.33. The van der Waals surface area contributed by atoms with Crippen LogP contribution in [-0.4, -0.2) is 43.3 Å². The highest BCUT2D eigenvalue weighted by Gasteiger charge is 2.34. The summed E-state index contributed by atoms with van der Waals surface area (Å²) in [6.07, 6.45) is -0.0547. The zero-order chi connectivity index (χ0) is 22.0. The number of carbonyl (C=O) groups excluding carboxylic acids is 2. The summed E-state index contributed by atoms with van der Waals surface area (Å²) < 4.78 is 16.5. The van der Waals surface area contributed by atoms with Crippen molar-refractivity contribution >= 4 is 28.3 Å². The van der Waals surface area contributed by atoms with Crippen molar-refractivity contribution in [2.75, 3.05) is 31.7 Å². The Kier molecular flexibility index (Phi) is 6.22. The van der Waals surface area contributed by atoms with Gasteiger partial charge in [-0.2, -0.15) is 0 Å². The monoisotopic (exact) mass is 445 g/mol. The van der Waals surface area contributed by atoms with Crippen molar-refractivity contribution in [1.29, 1.82) is 0 Å². The Hall–Kier alpha value is -2.94. The molecule has 3 heterocycles. The van der Waals surface area contributed by atoms with E-state index in [-0.39, 0.29) is 18.2 Å². The lowest BCUT2D eigenvalue weighted by Crippen LogP contribution is -2.39. The molecule has 9 heteroatoms. The quantitative estimate of drug-likeness (QED) is 0.701. The minimum Gasteiger partial charge on any atom is -0.490 e. The van der Waals surface area contributed by atoms with Crippen LogP contribution >= 0.6 is 11.3 Å². The van der Waals surface area contributed by atoms with E-state index in [0.717, 1.165) is 21.0 Å². The fourth-order valence-corrected chi connectivity index (χ4v) is 5.19. The lowest BCUT2D eigenvalue weighted by atomic mass is 10.0. The van der Waals surface area contributed by atoms with Gasteiger partial charge in [0.2, 0.25) is 0 Å². The van der Waals surface area contributed by atoms with Gasteiger partial charge in [0, 0.05) is 11.4 Å². The molecule has 8 nitrogen and oxygen atoms in total. The maximum Gasteiger partial charge on any atom is 0.410 e. The maximum atomic E-state index is 13.0. The van der Waals surface area contributed by atoms with Gasteiger partial charge < -0.3 is 29.7 Å². The molecule has 0 saturated carbocycles. The van der Waals surface area contributed by atoms with Crippen molar-refractivity contribution in [3.8, 4) is 11.5 Å². The largest absolute Gasteiger partial charge is 0.490 e. The third-order valence-electron chi connectivity index (χ3n) is 5.26. The van der Waals surface area contributed by atoms with Crippen LogP contribution in [0.2, 0.25) is 0 Å². The first-order valence-electron chi connectivity index (χ1n) is 10.6. The van der Waals surface area contributed by atoms with E-state index in [1.165, 1.54) is 11.3 Å². The molecule has 2 aliphatic rings. The molecule has 1 aromatic heterocycles. The highest BCUT2D eigenvalue weighted by Crippen LogP contribution is 2.41. The Morgan fingerprint density at radius 2 is 1.90 bits per heavy atom. The summed E-state index contributed by atoms with van der Waals surface area (Å²) in [5.41, 5.74) is 2.59. The molecule has 2 N–H and O–H groups in total. The number of hydrogen-bond donors (Lipinski definition) is 2. The first-order valence-corrected chi connectivity index (χ1v) is 11.4. The summed E-state index contributed by atoms with van der Waals surface area (Å²) in [6.45, 7) is 8.06. The molecule has 0 radical (unpaired) electrons. The summed E-state index contributed by atoms with van der Waals surface area (Å²) >= 11 is 1.53. The summed E-state index contributed by atoms with van der Waals surface area (Å²) in [5.74, 6) is 1.23. The van der Waals surface area contributed by atoms with E-state index < -0.39 is 0 Å². The van der Waals surface area contributed by atoms with Crippen molar-refractivity contribution in [2.24, 2.45) is 0 Å². The Morgan fingerprint density at radius 3 is 2.65 bits per heavy atom. The van der Waals surface area contributed by atoms with E-state index in [0.29, 0.717) is 56.4 Å². The average molecular weight is 446 g/mol. The van der Waals surface area contributed by atoms with E-state index >= 15 is 0 Å². The molecule has 2 amide bonds. The van der Waals surface area contributed by atoms with Crippen LogP contribution in [0.4, 0.5) is 9.80 Å². The molecule has 0 fully saturated rings. The normalized spacial score (nSPS) is 17.2. The van der Waals surface area contributed by atoms with Gasteiger partial charge >= 0.3 is 6.09 Å². The minimum atomic E-state index is -0.379. The Labute approximate surface area is 185 Å². The SMILES string of the molecule is CCOC(=O)N1CCc2c(sc3c2C(=O)N[C@@H](c2ccc(OCC)c(OCC)c2)N3)C1. The number of hydrogen-bond acceptors (Lipinski definition) is 7. The number of fused-ring (bicyclic) bond motifs is 3. The van der Waals surface area contributed by atoms with Crippen LogP contribution in [0, 0.1) is 0 Å². The van der Waals surface area contributed by atoms with E-state index in [4.69, 9.17) is 14.2 Å². The van der Waals surface area contributed by atoms with Crippen LogP contribution in [-0.2, 0) is 17.7 Å². The molecule has 1 atom stereocenters. The van der Waals surface area contributed by atoms with Crippen LogP contribution in [0.15, 0.2) is 18.2 Å². The van der Waals surface area contributed by atoms with E-state index in [1.54, 1.807) is 11.8 Å². The fraction of sp³-hybridized carbons (Fsp3) is 0.455. The molecule has 0 spiro atoms. The second kappa shape index (κ2) is 9.05. The number of carbonyl (C=O) groups is 2. The minimum absolute atomic E-state index is 0.104. The molecule has 4 rings (SSSR count). The van der Waals surface area contributed by atoms with Gasteiger partial charge in [0.25, 0.3) is 5.91 Å². The van der Waals surface area contributed by atoms with Crippen molar-refractivity contribution in [3.63, 3.8) is 0 Å². The zero-order valence-corrected chi connectivity index (χ0v) is 18.8. The van der Waals surface area contributed by atoms with Crippen molar-refractivity contribution in [3.05, 3.63) is 39.8 Å². The number of nitrogens with one attached hydrogen (secondary N) is 2. The molecular formula is C22H27N3O5S. The molecule has 1 aromatic carbocycles. The second-order valence-corrected chi connectivity index (χ2v) is 8.31. The van der Waals surface area contributed by atoms with Gasteiger partial charge in [0.1, 0.15) is 11.2 Å². The smallest absolute Gasteiger partial charge is 0.410 e. The zero-order valence-electron chi connectivity index (χ0n) is 17.9. The van der Waals surface area contributed by atoms with Crippen molar-refractivity contribution in [2.45, 2.75) is 39.9 Å². The molecule has 0 aliphatic carbocycles. The highest BCUT2D eigenvalue weighted by atomic mass is 32.1. The average Bonchev–Trinajstić information content (AvgIpc) is 3.13. The van der Waals surface area contributed by atoms with Gasteiger partial charge in [-0.05, 0) is 50.5 Å². The highest BCUT2D eigenvalue weighted by molar-refractivity contribution is 7.16. The number of ether oxygens (including phenoxy) is 3. The summed E-state index contributed by atoms with van der Waals surface area (Å²) in [4.78, 5) is 27.8. The molecule has 0 unspecified atom stereocenters. The van der Waals surface area contributed by atoms with Crippen molar-refractivity contribution in [1.82, 2.24) is 10.2 Å². The van der Waals surface area contributed by atoms with Crippen LogP contribution < -0.4 is 20.1 Å². The van der Waals surface area contributed by atoms with Gasteiger partial charge in [-0.25, -0.2) is 4.79 Å². The van der Waals surface area contributed by atoms with E-state index in [2.05, 4.69) is 10.6 Å². The van der Waals surface area contributed by atoms with Gasteiger partial charge in [-0.15, -0.1) is 11.3 Å². The molecule has 2 aromatic rings. The number of amides is 2. The lowest BCUT2D eigenvalue weighted by Gasteiger charge is -2.28. The van der Waals surface area contributed by atoms with Gasteiger partial charge in [-0.3, -0.25) is 4.79 Å². The summed E-state index contributed by atoms with van der Waals surface area (Å²) in [7, 11) is 0. The Morgan fingerprint density at radius 1 is 1.13 bits per heavy atom. The number of anilines is 1. The van der Waals surface area contributed by atoms with Crippen molar-refractivity contribution < 1.29 is 23.8 Å². The fourth-order valence-electron chi connectivity index (χ4n) is 3.90. The molecular weight excluding hydrogens is 418 g/mol. The number of rotatable bonds is 6. The number of benzene rings is 1. The Balaban J connectivity index is 1.58. The molecule has 31 heavy (non-hydrogen) atoms.